The van der Waals surface area contributed by atoms with Crippen molar-refractivity contribution >= 4 is 34.6 Å². The summed E-state index contributed by atoms with van der Waals surface area (Å²) in [5, 5.41) is 6.09. The monoisotopic (exact) mass is 577 g/mol. The van der Waals surface area contributed by atoms with Gasteiger partial charge in [0.25, 0.3) is 5.91 Å². The molecule has 4 N–H and O–H groups in total. The predicted octanol–water partition coefficient (Wildman–Crippen LogP) is 3.87. The molecule has 4 aromatic rings. The minimum atomic E-state index is -0.808. The fraction of sp³-hybridized carbons (Fsp3) is 0.379. The molecule has 0 aliphatic carbocycles. The third kappa shape index (κ3) is 5.39. The van der Waals surface area contributed by atoms with Crippen LogP contribution in [0.1, 0.15) is 55.8 Å². The number of piperidine rings is 1. The molecule has 0 spiro atoms. The Hall–Kier alpha value is -4.52. The van der Waals surface area contributed by atoms with Crippen LogP contribution in [0.25, 0.3) is 22.3 Å². The van der Waals surface area contributed by atoms with Gasteiger partial charge in [-0.25, -0.2) is 28.7 Å². The van der Waals surface area contributed by atoms with Crippen LogP contribution in [-0.2, 0) is 4.79 Å². The normalized spacial score (nSPS) is 14.9. The molecular formula is C29H33F2N9O2. The van der Waals surface area contributed by atoms with Gasteiger partial charge in [-0.15, -0.1) is 0 Å². The molecule has 1 saturated heterocycles. The van der Waals surface area contributed by atoms with Gasteiger partial charge in [0.15, 0.2) is 11.6 Å². The van der Waals surface area contributed by atoms with E-state index in [4.69, 9.17) is 5.73 Å². The second-order valence-corrected chi connectivity index (χ2v) is 10.7. The van der Waals surface area contributed by atoms with Gasteiger partial charge in [-0.3, -0.25) is 9.59 Å². The Morgan fingerprint density at radius 2 is 1.81 bits per heavy atom. The first-order valence-corrected chi connectivity index (χ1v) is 13.8. The van der Waals surface area contributed by atoms with Crippen LogP contribution >= 0.6 is 0 Å². The van der Waals surface area contributed by atoms with Gasteiger partial charge in [0.05, 0.1) is 17.3 Å². The average Bonchev–Trinajstić information content (AvgIpc) is 3.31. The second-order valence-electron chi connectivity index (χ2n) is 10.7. The van der Waals surface area contributed by atoms with Crippen molar-refractivity contribution in [3.63, 3.8) is 0 Å². The van der Waals surface area contributed by atoms with E-state index >= 15 is 0 Å². The number of halogens is 2. The number of carbonyl (C=O) groups excluding carboxylic acids is 2. The van der Waals surface area contributed by atoms with Crippen LogP contribution < -0.4 is 16.4 Å². The number of imidazole rings is 1. The number of carbonyl (C=O) groups is 2. The van der Waals surface area contributed by atoms with Crippen molar-refractivity contribution in [1.82, 2.24) is 34.7 Å². The van der Waals surface area contributed by atoms with Crippen LogP contribution in [-0.4, -0.2) is 66.4 Å². The standard InChI is InChI=1S/C29H33F2N9O2/c1-5-35-29(27(32)42)8-10-39(11-9-29)26(41)18-6-7-23(33-14-18)37-28-34-15-21(31)24(38-28)19-12-20(30)25-22(13-19)40(16(2)3)17(4)36-25/h6-7,12-16,35H,5,8-11H2,1-4H3,(H2,32,42)(H,33,34,37,38). The number of primary amides is 1. The number of fused-ring (bicyclic) bond motifs is 1. The van der Waals surface area contributed by atoms with Crippen LogP contribution in [0.3, 0.4) is 0 Å². The summed E-state index contributed by atoms with van der Waals surface area (Å²) < 4.78 is 31.7. The van der Waals surface area contributed by atoms with Crippen molar-refractivity contribution in [3.05, 3.63) is 59.7 Å². The third-order valence-electron chi connectivity index (χ3n) is 7.60. The van der Waals surface area contributed by atoms with Gasteiger partial charge in [0, 0.05) is 30.9 Å². The molecule has 2 amide bonds. The third-order valence-corrected chi connectivity index (χ3v) is 7.60. The van der Waals surface area contributed by atoms with Crippen LogP contribution in [0.2, 0.25) is 0 Å². The van der Waals surface area contributed by atoms with Gasteiger partial charge in [-0.1, -0.05) is 6.92 Å². The number of pyridine rings is 1. The molecule has 0 saturated carbocycles. The highest BCUT2D eigenvalue weighted by molar-refractivity contribution is 5.94. The molecular weight excluding hydrogens is 544 g/mol. The Kier molecular flexibility index (Phi) is 7.87. The number of rotatable bonds is 8. The zero-order valence-electron chi connectivity index (χ0n) is 23.9. The molecule has 220 valence electrons. The molecule has 1 aliphatic rings. The first kappa shape index (κ1) is 29.0. The highest BCUT2D eigenvalue weighted by Crippen LogP contribution is 2.30. The van der Waals surface area contributed by atoms with E-state index in [0.29, 0.717) is 55.2 Å². The quantitative estimate of drug-likeness (QED) is 0.286. The smallest absolute Gasteiger partial charge is 0.255 e. The molecule has 1 aliphatic heterocycles. The SMILES string of the molecule is CCNC1(C(N)=O)CCN(C(=O)c2ccc(Nc3ncc(F)c(-c4cc(F)c5nc(C)n(C(C)C)c5c4)n3)nc2)CC1. The number of likely N-dealkylation sites (tertiary alicyclic amines) is 1. The van der Waals surface area contributed by atoms with E-state index < -0.39 is 23.1 Å². The Morgan fingerprint density at radius 1 is 1.07 bits per heavy atom. The maximum Gasteiger partial charge on any atom is 0.255 e. The maximum atomic E-state index is 15.0. The maximum absolute atomic E-state index is 15.0. The lowest BCUT2D eigenvalue weighted by molar-refractivity contribution is -0.126. The second kappa shape index (κ2) is 11.4. The highest BCUT2D eigenvalue weighted by atomic mass is 19.1. The lowest BCUT2D eigenvalue weighted by atomic mass is 9.86. The minimum Gasteiger partial charge on any atom is -0.368 e. The van der Waals surface area contributed by atoms with E-state index in [0.717, 1.165) is 6.20 Å². The number of hydrogen-bond donors (Lipinski definition) is 3. The van der Waals surface area contributed by atoms with Gasteiger partial charge < -0.3 is 25.8 Å². The molecule has 0 bridgehead atoms. The lowest BCUT2D eigenvalue weighted by Crippen LogP contribution is -2.61. The fourth-order valence-corrected chi connectivity index (χ4v) is 5.52. The first-order valence-electron chi connectivity index (χ1n) is 13.8. The summed E-state index contributed by atoms with van der Waals surface area (Å²) in [6.07, 6.45) is 3.28. The van der Waals surface area contributed by atoms with Gasteiger partial charge in [-0.2, -0.15) is 0 Å². The number of nitrogens with two attached hydrogens (primary N) is 1. The number of nitrogens with zero attached hydrogens (tertiary/aromatic N) is 6. The molecule has 11 nitrogen and oxygen atoms in total. The number of benzene rings is 1. The van der Waals surface area contributed by atoms with Crippen molar-refractivity contribution in [2.24, 2.45) is 5.73 Å². The molecule has 1 aromatic carbocycles. The van der Waals surface area contributed by atoms with E-state index in [1.165, 1.54) is 12.3 Å². The molecule has 0 atom stereocenters. The van der Waals surface area contributed by atoms with E-state index in [9.17, 15) is 18.4 Å². The predicted molar refractivity (Wildman–Crippen MR) is 154 cm³/mol. The largest absolute Gasteiger partial charge is 0.368 e. The summed E-state index contributed by atoms with van der Waals surface area (Å²) in [7, 11) is 0. The van der Waals surface area contributed by atoms with Crippen LogP contribution in [0.5, 0.6) is 0 Å². The molecule has 4 heterocycles. The summed E-state index contributed by atoms with van der Waals surface area (Å²) >= 11 is 0. The number of nitrogens with one attached hydrogen (secondary N) is 2. The van der Waals surface area contributed by atoms with E-state index in [2.05, 4.69) is 30.6 Å². The number of hydrogen-bond acceptors (Lipinski definition) is 8. The number of aromatic nitrogens is 5. The zero-order valence-corrected chi connectivity index (χ0v) is 23.9. The number of aryl methyl sites for hydroxylation is 1. The molecule has 1 fully saturated rings. The molecule has 3 aromatic heterocycles. The summed E-state index contributed by atoms with van der Waals surface area (Å²) in [6.45, 7) is 8.99. The molecule has 13 heteroatoms. The molecule has 0 radical (unpaired) electrons. The summed E-state index contributed by atoms with van der Waals surface area (Å²) in [4.78, 5) is 43.7. The topological polar surface area (TPSA) is 144 Å². The summed E-state index contributed by atoms with van der Waals surface area (Å²) in [5.74, 6) is -0.874. The molecule has 42 heavy (non-hydrogen) atoms. The highest BCUT2D eigenvalue weighted by Gasteiger charge is 2.40. The zero-order chi connectivity index (χ0) is 30.2. The first-order chi connectivity index (χ1) is 20.0. The summed E-state index contributed by atoms with van der Waals surface area (Å²) in [5.41, 5.74) is 6.11. The minimum absolute atomic E-state index is 0.0229. The molecule has 0 unspecified atom stereocenters. The Labute approximate surface area is 241 Å². The number of anilines is 2. The van der Waals surface area contributed by atoms with Crippen molar-refractivity contribution in [2.45, 2.75) is 52.1 Å². The van der Waals surface area contributed by atoms with Crippen LogP contribution in [0.4, 0.5) is 20.5 Å². The van der Waals surface area contributed by atoms with Crippen LogP contribution in [0, 0.1) is 18.6 Å². The number of amides is 2. The van der Waals surface area contributed by atoms with Crippen molar-refractivity contribution in [3.8, 4) is 11.3 Å². The van der Waals surface area contributed by atoms with Gasteiger partial charge in [0.2, 0.25) is 11.9 Å². The van der Waals surface area contributed by atoms with Gasteiger partial charge in [0.1, 0.15) is 28.4 Å². The van der Waals surface area contributed by atoms with Crippen molar-refractivity contribution in [1.29, 1.82) is 0 Å². The average molecular weight is 578 g/mol. The van der Waals surface area contributed by atoms with Crippen molar-refractivity contribution in [2.75, 3.05) is 25.0 Å². The van der Waals surface area contributed by atoms with Crippen molar-refractivity contribution < 1.29 is 18.4 Å². The molecule has 5 rings (SSSR count). The van der Waals surface area contributed by atoms with E-state index in [-0.39, 0.29) is 34.7 Å². The van der Waals surface area contributed by atoms with E-state index in [1.54, 1.807) is 30.0 Å². The fourth-order valence-electron chi connectivity index (χ4n) is 5.52. The van der Waals surface area contributed by atoms with Gasteiger partial charge in [-0.05, 0) is 64.4 Å². The Bertz CT molecular complexity index is 1650. The van der Waals surface area contributed by atoms with Crippen LogP contribution in [0.15, 0.2) is 36.7 Å². The Morgan fingerprint density at radius 3 is 2.43 bits per heavy atom. The number of likely N-dealkylation sites (N-methyl/N-ethyl adjacent to an activating group) is 1. The van der Waals surface area contributed by atoms with E-state index in [1.807, 2.05) is 25.3 Å². The Balaban J connectivity index is 1.33. The lowest BCUT2D eigenvalue weighted by Gasteiger charge is -2.40. The summed E-state index contributed by atoms with van der Waals surface area (Å²) in [6, 6.07) is 6.10. The van der Waals surface area contributed by atoms with Gasteiger partial charge >= 0.3 is 0 Å².